The van der Waals surface area contributed by atoms with Gasteiger partial charge in [0.1, 0.15) is 6.04 Å². The third-order valence-electron chi connectivity index (χ3n) is 3.92. The fraction of sp³-hybridized carbons (Fsp3) is 0.538. The number of fused-ring (bicyclic) bond motifs is 2. The Hall–Kier alpha value is -1.17. The van der Waals surface area contributed by atoms with Gasteiger partial charge < -0.3 is 37.3 Å². The number of benzene rings is 1. The summed E-state index contributed by atoms with van der Waals surface area (Å²) >= 11 is 0. The number of methoxy groups -OCH3 is 1. The fourth-order valence-electron chi connectivity index (χ4n) is 2.94. The van der Waals surface area contributed by atoms with Gasteiger partial charge in [0, 0.05) is 13.0 Å². The maximum atomic E-state index is 5.93. The Balaban J connectivity index is 0.00000133. The smallest absolute Gasteiger partial charge is 0.231 e. The van der Waals surface area contributed by atoms with Crippen LogP contribution in [0, 0.1) is 0 Å². The molecule has 6 heteroatoms. The predicted octanol–water partition coefficient (Wildman–Crippen LogP) is -3.50. The van der Waals surface area contributed by atoms with E-state index in [0.29, 0.717) is 6.54 Å². The minimum Gasteiger partial charge on any atom is -1.00 e. The summed E-state index contributed by atoms with van der Waals surface area (Å²) in [6.07, 6.45) is 1.02. The van der Waals surface area contributed by atoms with E-state index in [-0.39, 0.29) is 25.2 Å². The van der Waals surface area contributed by atoms with Gasteiger partial charge in [-0.25, -0.2) is 0 Å². The average molecular weight is 287 g/mol. The molecule has 3 N–H and O–H groups in total. The summed E-state index contributed by atoms with van der Waals surface area (Å²) in [6.45, 7) is 1.96. The molecule has 2 aliphatic heterocycles. The summed E-state index contributed by atoms with van der Waals surface area (Å²) in [5, 5.41) is 0. The third kappa shape index (κ3) is 2.12. The van der Waals surface area contributed by atoms with E-state index >= 15 is 0 Å². The van der Waals surface area contributed by atoms with Crippen molar-refractivity contribution < 1.29 is 31.5 Å². The highest BCUT2D eigenvalue weighted by molar-refractivity contribution is 5.61. The molecule has 106 valence electrons. The molecule has 0 fully saturated rings. The zero-order valence-corrected chi connectivity index (χ0v) is 11.9. The van der Waals surface area contributed by atoms with E-state index < -0.39 is 0 Å². The molecular formula is C13H19ClN2O3. The second-order valence-electron chi connectivity index (χ2n) is 4.85. The Bertz CT molecular complexity index is 481. The van der Waals surface area contributed by atoms with Crippen LogP contribution in [-0.4, -0.2) is 34.0 Å². The lowest BCUT2D eigenvalue weighted by Crippen LogP contribution is -3.11. The van der Waals surface area contributed by atoms with Gasteiger partial charge in [0.05, 0.1) is 26.3 Å². The van der Waals surface area contributed by atoms with Crippen LogP contribution in [0.2, 0.25) is 0 Å². The van der Waals surface area contributed by atoms with E-state index in [4.69, 9.17) is 19.9 Å². The number of ether oxygens (including phenoxy) is 3. The normalized spacial score (nSPS) is 23.5. The van der Waals surface area contributed by atoms with Crippen molar-refractivity contribution in [2.45, 2.75) is 12.5 Å². The van der Waals surface area contributed by atoms with Crippen LogP contribution >= 0.6 is 0 Å². The van der Waals surface area contributed by atoms with Crippen molar-refractivity contribution in [3.8, 4) is 17.2 Å². The highest BCUT2D eigenvalue weighted by Gasteiger charge is 2.35. The number of rotatable bonds is 2. The zero-order chi connectivity index (χ0) is 12.7. The van der Waals surface area contributed by atoms with E-state index in [9.17, 15) is 0 Å². The van der Waals surface area contributed by atoms with Gasteiger partial charge in [-0.2, -0.15) is 0 Å². The van der Waals surface area contributed by atoms with Crippen molar-refractivity contribution in [2.75, 3.05) is 34.0 Å². The van der Waals surface area contributed by atoms with Gasteiger partial charge in [0.25, 0.3) is 0 Å². The number of nitrogens with two attached hydrogens (primary N) is 1. The van der Waals surface area contributed by atoms with Crippen molar-refractivity contribution >= 4 is 0 Å². The lowest BCUT2D eigenvalue weighted by molar-refractivity contribution is -0.912. The first-order valence-corrected chi connectivity index (χ1v) is 6.28. The third-order valence-corrected chi connectivity index (χ3v) is 3.92. The number of likely N-dealkylation sites (N-methyl/N-ethyl adjacent to an activating group) is 1. The monoisotopic (exact) mass is 286 g/mol. The number of quaternary nitrogens is 1. The van der Waals surface area contributed by atoms with Gasteiger partial charge >= 0.3 is 0 Å². The molecular weight excluding hydrogens is 268 g/mol. The van der Waals surface area contributed by atoms with Gasteiger partial charge in [-0.05, 0) is 11.6 Å². The molecule has 0 bridgehead atoms. The van der Waals surface area contributed by atoms with Crippen LogP contribution in [0.4, 0.5) is 0 Å². The lowest BCUT2D eigenvalue weighted by atomic mass is 9.91. The minimum atomic E-state index is 0. The molecule has 3 rings (SSSR count). The van der Waals surface area contributed by atoms with Gasteiger partial charge in [-0.1, -0.05) is 0 Å². The van der Waals surface area contributed by atoms with E-state index in [1.165, 1.54) is 16.0 Å². The second-order valence-corrected chi connectivity index (χ2v) is 4.85. The molecule has 1 aromatic rings. The number of hydrogen-bond acceptors (Lipinski definition) is 4. The molecule has 0 amide bonds. The SMILES string of the molecule is COc1c2c(cc3c1C(CN)[NH+](C)CC3)OCO2.[Cl-]. The second kappa shape index (κ2) is 5.45. The predicted molar refractivity (Wildman–Crippen MR) is 66.4 cm³/mol. The molecule has 0 radical (unpaired) electrons. The zero-order valence-electron chi connectivity index (χ0n) is 11.2. The van der Waals surface area contributed by atoms with Crippen molar-refractivity contribution in [3.05, 3.63) is 17.2 Å². The first kappa shape index (κ1) is 14.2. The first-order chi connectivity index (χ1) is 8.76. The highest BCUT2D eigenvalue weighted by atomic mass is 35.5. The lowest BCUT2D eigenvalue weighted by Gasteiger charge is -2.32. The molecule has 0 aromatic heterocycles. The van der Waals surface area contributed by atoms with Crippen LogP contribution in [0.1, 0.15) is 17.2 Å². The molecule has 2 heterocycles. The summed E-state index contributed by atoms with van der Waals surface area (Å²) in [5.74, 6) is 2.32. The van der Waals surface area contributed by atoms with Crippen molar-refractivity contribution in [2.24, 2.45) is 5.73 Å². The molecule has 5 nitrogen and oxygen atoms in total. The Kier molecular flexibility index (Phi) is 4.08. The quantitative estimate of drug-likeness (QED) is 0.592. The minimum absolute atomic E-state index is 0. The van der Waals surface area contributed by atoms with Crippen LogP contribution in [0.15, 0.2) is 6.07 Å². The molecule has 0 aliphatic carbocycles. The summed E-state index contributed by atoms with van der Waals surface area (Å²) in [5.41, 5.74) is 8.39. The number of halogens is 1. The van der Waals surface area contributed by atoms with E-state index in [2.05, 4.69) is 13.1 Å². The highest BCUT2D eigenvalue weighted by Crippen LogP contribution is 2.47. The topological polar surface area (TPSA) is 58.2 Å². The Labute approximate surface area is 119 Å². The Morgan fingerprint density at radius 3 is 2.95 bits per heavy atom. The molecule has 19 heavy (non-hydrogen) atoms. The Morgan fingerprint density at radius 2 is 2.26 bits per heavy atom. The van der Waals surface area contributed by atoms with E-state index in [1.807, 2.05) is 0 Å². The molecule has 0 saturated carbocycles. The fourth-order valence-corrected chi connectivity index (χ4v) is 2.94. The van der Waals surface area contributed by atoms with Gasteiger partial charge in [0.2, 0.25) is 12.5 Å². The van der Waals surface area contributed by atoms with Gasteiger partial charge in [-0.15, -0.1) is 0 Å². The van der Waals surface area contributed by atoms with Crippen molar-refractivity contribution in [1.82, 2.24) is 0 Å². The standard InChI is InChI=1S/C13H18N2O3.ClH/c1-15-4-3-8-5-10-12(18-7-17-10)13(16-2)11(8)9(15)6-14;/h5,9H,3-4,6-7,14H2,1-2H3;1H. The summed E-state index contributed by atoms with van der Waals surface area (Å²) in [6, 6.07) is 2.34. The molecule has 0 saturated heterocycles. The van der Waals surface area contributed by atoms with Crippen molar-refractivity contribution in [3.63, 3.8) is 0 Å². The Morgan fingerprint density at radius 1 is 1.47 bits per heavy atom. The first-order valence-electron chi connectivity index (χ1n) is 6.28. The van der Waals surface area contributed by atoms with Gasteiger partial charge in [0.15, 0.2) is 11.5 Å². The molecule has 1 aromatic carbocycles. The summed E-state index contributed by atoms with van der Waals surface area (Å²) in [4.78, 5) is 1.42. The number of nitrogens with one attached hydrogen (secondary N) is 1. The average Bonchev–Trinajstić information content (AvgIpc) is 2.84. The maximum Gasteiger partial charge on any atom is 0.231 e. The van der Waals surface area contributed by atoms with Crippen LogP contribution in [0.25, 0.3) is 0 Å². The van der Waals surface area contributed by atoms with E-state index in [1.54, 1.807) is 7.11 Å². The maximum absolute atomic E-state index is 5.93. The van der Waals surface area contributed by atoms with Gasteiger partial charge in [-0.3, -0.25) is 0 Å². The summed E-state index contributed by atoms with van der Waals surface area (Å²) in [7, 11) is 3.85. The molecule has 2 unspecified atom stereocenters. The van der Waals surface area contributed by atoms with Crippen LogP contribution in [0.3, 0.4) is 0 Å². The van der Waals surface area contributed by atoms with Crippen molar-refractivity contribution in [1.29, 1.82) is 0 Å². The van der Waals surface area contributed by atoms with Crippen LogP contribution in [0.5, 0.6) is 17.2 Å². The van der Waals surface area contributed by atoms with E-state index in [0.717, 1.165) is 30.2 Å². The van der Waals surface area contributed by atoms with Crippen LogP contribution in [-0.2, 0) is 6.42 Å². The largest absolute Gasteiger partial charge is 1.00 e. The summed E-state index contributed by atoms with van der Waals surface area (Å²) < 4.78 is 16.5. The number of hydrogen-bond donors (Lipinski definition) is 2. The molecule has 2 aliphatic rings. The molecule has 2 atom stereocenters. The molecule has 0 spiro atoms. The van der Waals surface area contributed by atoms with Crippen LogP contribution < -0.4 is 37.3 Å².